The summed E-state index contributed by atoms with van der Waals surface area (Å²) < 4.78 is 16.9. The summed E-state index contributed by atoms with van der Waals surface area (Å²) in [6.45, 7) is 6.65. The van der Waals surface area contributed by atoms with Crippen LogP contribution in [0.25, 0.3) is 0 Å². The van der Waals surface area contributed by atoms with Crippen LogP contribution in [0.3, 0.4) is 0 Å². The minimum absolute atomic E-state index is 0.0755. The van der Waals surface area contributed by atoms with E-state index < -0.39 is 6.10 Å². The number of hydrogen-bond donors (Lipinski definition) is 0. The highest BCUT2D eigenvalue weighted by Crippen LogP contribution is 2.16. The van der Waals surface area contributed by atoms with Crippen molar-refractivity contribution in [3.63, 3.8) is 0 Å². The van der Waals surface area contributed by atoms with E-state index in [0.29, 0.717) is 19.3 Å². The van der Waals surface area contributed by atoms with E-state index in [4.69, 9.17) is 14.2 Å². The molecule has 0 heterocycles. The summed E-state index contributed by atoms with van der Waals surface area (Å²) in [6.07, 6.45) is 72.5. The number of rotatable bonds is 56. The molecule has 1 unspecified atom stereocenters. The Hall–Kier alpha value is -2.63. The number of carbonyl (C=O) groups is 3. The maximum Gasteiger partial charge on any atom is 0.306 e. The molecule has 1 atom stereocenters. The van der Waals surface area contributed by atoms with Crippen LogP contribution < -0.4 is 0 Å². The van der Waals surface area contributed by atoms with Gasteiger partial charge in [-0.1, -0.05) is 268 Å². The van der Waals surface area contributed by atoms with Gasteiger partial charge in [0.2, 0.25) is 0 Å². The molecule has 408 valence electrons. The quantitative estimate of drug-likeness (QED) is 0.0261. The predicted octanol–water partition coefficient (Wildman–Crippen LogP) is 20.6. The Balaban J connectivity index is 4.32. The summed E-state index contributed by atoms with van der Waals surface area (Å²) >= 11 is 0. The van der Waals surface area contributed by atoms with Crippen molar-refractivity contribution in [3.05, 3.63) is 48.6 Å². The lowest BCUT2D eigenvalue weighted by molar-refractivity contribution is -0.167. The molecule has 0 radical (unpaired) electrons. The van der Waals surface area contributed by atoms with E-state index in [2.05, 4.69) is 69.4 Å². The first-order chi connectivity index (χ1) is 34.5. The molecular weight excluding hydrogens is 865 g/mol. The molecule has 0 N–H and O–H groups in total. The summed E-state index contributed by atoms with van der Waals surface area (Å²) in [6, 6.07) is 0. The van der Waals surface area contributed by atoms with E-state index in [9.17, 15) is 14.4 Å². The van der Waals surface area contributed by atoms with Crippen LogP contribution in [0.15, 0.2) is 48.6 Å². The molecular formula is C64H116O6. The Bertz CT molecular complexity index is 1220. The molecule has 70 heavy (non-hydrogen) atoms. The molecule has 0 spiro atoms. The van der Waals surface area contributed by atoms with Crippen molar-refractivity contribution in [2.45, 2.75) is 329 Å². The lowest BCUT2D eigenvalue weighted by atomic mass is 10.0. The summed E-state index contributed by atoms with van der Waals surface area (Å²) in [5, 5.41) is 0. The van der Waals surface area contributed by atoms with Gasteiger partial charge in [-0.25, -0.2) is 0 Å². The standard InChI is InChI=1S/C64H116O6/c1-4-7-10-13-16-19-22-25-27-29-30-31-32-33-34-35-37-39-42-45-48-51-54-57-63(66)69-60-61(59-68-62(65)56-53-50-47-44-41-38-24-21-18-15-12-9-6-3)70-64(67)58-55-52-49-46-43-40-36-28-26-23-20-17-14-11-8-5-2/h22,25,28-30,32-33,36,61H,4-21,23-24,26-27,31,34-35,37-60H2,1-3H3/b25-22-,30-29-,33-32-,36-28-. The van der Waals surface area contributed by atoms with Gasteiger partial charge in [-0.05, 0) is 83.5 Å². The topological polar surface area (TPSA) is 78.9 Å². The number of esters is 3. The van der Waals surface area contributed by atoms with Crippen LogP contribution in [0.4, 0.5) is 0 Å². The minimum atomic E-state index is -0.778. The second kappa shape index (κ2) is 58.9. The Kier molecular flexibility index (Phi) is 56.7. The molecule has 0 fully saturated rings. The van der Waals surface area contributed by atoms with Crippen LogP contribution in [0.2, 0.25) is 0 Å². The molecule has 0 aromatic rings. The van der Waals surface area contributed by atoms with Gasteiger partial charge in [0.1, 0.15) is 13.2 Å². The maximum absolute atomic E-state index is 12.9. The molecule has 0 aliphatic rings. The smallest absolute Gasteiger partial charge is 0.306 e. The molecule has 6 nitrogen and oxygen atoms in total. The van der Waals surface area contributed by atoms with Gasteiger partial charge in [-0.15, -0.1) is 0 Å². The number of unbranched alkanes of at least 4 members (excludes halogenated alkanes) is 37. The maximum atomic E-state index is 12.9. The van der Waals surface area contributed by atoms with Gasteiger partial charge in [0.15, 0.2) is 6.10 Å². The van der Waals surface area contributed by atoms with Crippen LogP contribution >= 0.6 is 0 Å². The Morgan fingerprint density at radius 1 is 0.286 bits per heavy atom. The summed E-state index contributed by atoms with van der Waals surface area (Å²) in [4.78, 5) is 38.2. The van der Waals surface area contributed by atoms with E-state index in [0.717, 1.165) is 83.5 Å². The van der Waals surface area contributed by atoms with Crippen LogP contribution in [-0.4, -0.2) is 37.2 Å². The third-order valence-electron chi connectivity index (χ3n) is 13.6. The Labute approximate surface area is 435 Å². The van der Waals surface area contributed by atoms with Gasteiger partial charge >= 0.3 is 17.9 Å². The normalized spacial score (nSPS) is 12.3. The zero-order valence-electron chi connectivity index (χ0n) is 46.8. The highest BCUT2D eigenvalue weighted by Gasteiger charge is 2.19. The zero-order chi connectivity index (χ0) is 50.7. The monoisotopic (exact) mass is 981 g/mol. The van der Waals surface area contributed by atoms with E-state index in [-0.39, 0.29) is 31.1 Å². The van der Waals surface area contributed by atoms with Crippen molar-refractivity contribution in [2.24, 2.45) is 0 Å². The lowest BCUT2D eigenvalue weighted by Gasteiger charge is -2.18. The van der Waals surface area contributed by atoms with Crippen LogP contribution in [-0.2, 0) is 28.6 Å². The number of ether oxygens (including phenoxy) is 3. The molecule has 0 aromatic carbocycles. The van der Waals surface area contributed by atoms with Crippen molar-refractivity contribution in [1.29, 1.82) is 0 Å². The van der Waals surface area contributed by atoms with Gasteiger partial charge in [0.05, 0.1) is 0 Å². The number of allylic oxidation sites excluding steroid dienone is 8. The minimum Gasteiger partial charge on any atom is -0.462 e. The fourth-order valence-electron chi connectivity index (χ4n) is 8.92. The van der Waals surface area contributed by atoms with E-state index in [1.807, 2.05) is 0 Å². The van der Waals surface area contributed by atoms with Crippen LogP contribution in [0.5, 0.6) is 0 Å². The summed E-state index contributed by atoms with van der Waals surface area (Å²) in [7, 11) is 0. The average molecular weight is 982 g/mol. The van der Waals surface area contributed by atoms with Crippen LogP contribution in [0, 0.1) is 0 Å². The number of hydrogen-bond acceptors (Lipinski definition) is 6. The summed E-state index contributed by atoms with van der Waals surface area (Å²) in [5.41, 5.74) is 0. The molecule has 0 rings (SSSR count). The zero-order valence-corrected chi connectivity index (χ0v) is 46.8. The average Bonchev–Trinajstić information content (AvgIpc) is 3.36. The Morgan fingerprint density at radius 2 is 0.514 bits per heavy atom. The SMILES string of the molecule is CCCCCCC/C=C\C/C=C\C/C=C\CCCCCCCCCCC(=O)OCC(COC(=O)CCCCCCCCCCCCCCC)OC(=O)CCCCCCC/C=C\CCCCCCCCC. The third kappa shape index (κ3) is 56.3. The molecule has 0 aliphatic heterocycles. The lowest BCUT2D eigenvalue weighted by Crippen LogP contribution is -2.30. The molecule has 0 saturated carbocycles. The predicted molar refractivity (Wildman–Crippen MR) is 302 cm³/mol. The van der Waals surface area contributed by atoms with Gasteiger partial charge in [0.25, 0.3) is 0 Å². The molecule has 6 heteroatoms. The highest BCUT2D eigenvalue weighted by atomic mass is 16.6. The second-order valence-corrected chi connectivity index (χ2v) is 20.6. The highest BCUT2D eigenvalue weighted by molar-refractivity contribution is 5.71. The first-order valence-electron chi connectivity index (χ1n) is 30.6. The van der Waals surface area contributed by atoms with Gasteiger partial charge in [-0.2, -0.15) is 0 Å². The van der Waals surface area contributed by atoms with Crippen molar-refractivity contribution < 1.29 is 28.6 Å². The third-order valence-corrected chi connectivity index (χ3v) is 13.6. The van der Waals surface area contributed by atoms with Crippen molar-refractivity contribution in [3.8, 4) is 0 Å². The van der Waals surface area contributed by atoms with Gasteiger partial charge in [-0.3, -0.25) is 14.4 Å². The fourth-order valence-corrected chi connectivity index (χ4v) is 8.92. The van der Waals surface area contributed by atoms with Gasteiger partial charge in [0, 0.05) is 19.3 Å². The second-order valence-electron chi connectivity index (χ2n) is 20.6. The van der Waals surface area contributed by atoms with Crippen LogP contribution in [0.1, 0.15) is 323 Å². The van der Waals surface area contributed by atoms with Crippen molar-refractivity contribution in [2.75, 3.05) is 13.2 Å². The fraction of sp³-hybridized carbons (Fsp3) is 0.828. The van der Waals surface area contributed by atoms with E-state index >= 15 is 0 Å². The molecule has 0 amide bonds. The van der Waals surface area contributed by atoms with Crippen molar-refractivity contribution in [1.82, 2.24) is 0 Å². The Morgan fingerprint density at radius 3 is 0.814 bits per heavy atom. The van der Waals surface area contributed by atoms with E-state index in [1.165, 1.54) is 199 Å². The summed E-state index contributed by atoms with van der Waals surface area (Å²) in [5.74, 6) is -0.875. The van der Waals surface area contributed by atoms with Crippen molar-refractivity contribution >= 4 is 17.9 Å². The number of carbonyl (C=O) groups excluding carboxylic acids is 3. The molecule has 0 aliphatic carbocycles. The largest absolute Gasteiger partial charge is 0.462 e. The molecule has 0 aromatic heterocycles. The van der Waals surface area contributed by atoms with E-state index in [1.54, 1.807) is 0 Å². The molecule has 0 bridgehead atoms. The first kappa shape index (κ1) is 67.4. The van der Waals surface area contributed by atoms with Gasteiger partial charge < -0.3 is 14.2 Å². The molecule has 0 saturated heterocycles. The first-order valence-corrected chi connectivity index (χ1v) is 30.6.